The van der Waals surface area contributed by atoms with E-state index >= 15 is 0 Å². The molecule has 0 radical (unpaired) electrons. The minimum absolute atomic E-state index is 0.137. The van der Waals surface area contributed by atoms with Crippen LogP contribution in [0.5, 0.6) is 0 Å². The lowest BCUT2D eigenvalue weighted by Crippen LogP contribution is -2.09. The van der Waals surface area contributed by atoms with Gasteiger partial charge in [-0.1, -0.05) is 0 Å². The molecule has 0 saturated carbocycles. The van der Waals surface area contributed by atoms with Crippen LogP contribution in [0.15, 0.2) is 17.1 Å². The van der Waals surface area contributed by atoms with Crippen molar-refractivity contribution in [3.05, 3.63) is 34.0 Å². The molecule has 3 heteroatoms. The molecular weight excluding hydrogens is 121 g/mol. The normalized spacial score (nSPS) is 9.56. The van der Waals surface area contributed by atoms with Crippen molar-refractivity contribution in [2.45, 2.75) is 6.92 Å². The van der Waals surface area contributed by atoms with Crippen molar-refractivity contribution in [3.8, 4) is 0 Å². The largest absolute Gasteiger partial charge is 0.329 e. The molecule has 1 N–H and O–H groups in total. The van der Waals surface area contributed by atoms with Gasteiger partial charge in [-0.05, 0) is 13.0 Å². The third kappa shape index (κ3) is 0.988. The van der Waals surface area contributed by atoms with Crippen molar-refractivity contribution < 1.29 is 4.39 Å². The van der Waals surface area contributed by atoms with Crippen molar-refractivity contribution in [2.24, 2.45) is 0 Å². The number of aromatic nitrogens is 1. The second-order valence-electron chi connectivity index (χ2n) is 1.78. The van der Waals surface area contributed by atoms with Crippen molar-refractivity contribution in [1.29, 1.82) is 0 Å². The van der Waals surface area contributed by atoms with E-state index in [1.807, 2.05) is 0 Å². The van der Waals surface area contributed by atoms with Gasteiger partial charge >= 0.3 is 0 Å². The molecule has 9 heavy (non-hydrogen) atoms. The van der Waals surface area contributed by atoms with E-state index in [2.05, 4.69) is 4.98 Å². The summed E-state index contributed by atoms with van der Waals surface area (Å²) in [5.74, 6) is -0.459. The molecule has 1 rings (SSSR count). The second-order valence-corrected chi connectivity index (χ2v) is 1.78. The SMILES string of the molecule is Cc1c(F)cc[nH]c1=O. The van der Waals surface area contributed by atoms with E-state index in [9.17, 15) is 9.18 Å². The van der Waals surface area contributed by atoms with Gasteiger partial charge < -0.3 is 4.98 Å². The van der Waals surface area contributed by atoms with Crippen molar-refractivity contribution in [2.75, 3.05) is 0 Å². The Kier molecular flexibility index (Phi) is 1.34. The Hall–Kier alpha value is -1.12. The van der Waals surface area contributed by atoms with Crippen LogP contribution in [0.3, 0.4) is 0 Å². The molecule has 2 nitrogen and oxygen atoms in total. The molecule has 0 bridgehead atoms. The number of hydrogen-bond acceptors (Lipinski definition) is 1. The van der Waals surface area contributed by atoms with E-state index in [1.54, 1.807) is 0 Å². The average molecular weight is 127 g/mol. The quantitative estimate of drug-likeness (QED) is 0.550. The van der Waals surface area contributed by atoms with E-state index in [0.717, 1.165) is 0 Å². The molecule has 0 saturated heterocycles. The maximum atomic E-state index is 12.4. The zero-order valence-electron chi connectivity index (χ0n) is 4.94. The number of nitrogens with one attached hydrogen (secondary N) is 1. The summed E-state index contributed by atoms with van der Waals surface area (Å²) in [6.45, 7) is 1.44. The number of hydrogen-bond donors (Lipinski definition) is 1. The number of halogens is 1. The molecule has 1 heterocycles. The summed E-state index contributed by atoms with van der Waals surface area (Å²) in [4.78, 5) is 12.9. The first kappa shape index (κ1) is 6.01. The third-order valence-electron chi connectivity index (χ3n) is 1.14. The molecule has 0 unspecified atom stereocenters. The maximum absolute atomic E-state index is 12.4. The smallest absolute Gasteiger partial charge is 0.253 e. The highest BCUT2D eigenvalue weighted by Crippen LogP contribution is 1.94. The minimum atomic E-state index is -0.459. The highest BCUT2D eigenvalue weighted by molar-refractivity contribution is 5.08. The first-order valence-corrected chi connectivity index (χ1v) is 2.55. The Labute approximate surface area is 51.3 Å². The van der Waals surface area contributed by atoms with Crippen molar-refractivity contribution in [3.63, 3.8) is 0 Å². The monoisotopic (exact) mass is 127 g/mol. The van der Waals surface area contributed by atoms with Crippen LogP contribution < -0.4 is 5.56 Å². The van der Waals surface area contributed by atoms with Gasteiger partial charge in [-0.2, -0.15) is 0 Å². The highest BCUT2D eigenvalue weighted by atomic mass is 19.1. The number of rotatable bonds is 0. The fraction of sp³-hybridized carbons (Fsp3) is 0.167. The average Bonchev–Trinajstić information content (AvgIpc) is 1.83. The second kappa shape index (κ2) is 2.01. The number of aromatic amines is 1. The van der Waals surface area contributed by atoms with Gasteiger partial charge in [0.15, 0.2) is 0 Å². The van der Waals surface area contributed by atoms with Crippen LogP contribution in [0.2, 0.25) is 0 Å². The zero-order valence-corrected chi connectivity index (χ0v) is 4.94. The van der Waals surface area contributed by atoms with E-state index < -0.39 is 5.82 Å². The molecule has 0 atom stereocenters. The lowest BCUT2D eigenvalue weighted by molar-refractivity contribution is 0.613. The Morgan fingerprint density at radius 1 is 1.67 bits per heavy atom. The molecule has 0 aliphatic heterocycles. The summed E-state index contributed by atoms with van der Waals surface area (Å²) in [5, 5.41) is 0. The van der Waals surface area contributed by atoms with Gasteiger partial charge in [-0.15, -0.1) is 0 Å². The van der Waals surface area contributed by atoms with Crippen LogP contribution in [0.4, 0.5) is 4.39 Å². The van der Waals surface area contributed by atoms with Crippen LogP contribution in [-0.2, 0) is 0 Å². The standard InChI is InChI=1S/C6H6FNO/c1-4-5(7)2-3-8-6(4)9/h2-3H,1H3,(H,8,9). The Bertz CT molecular complexity index is 266. The Morgan fingerprint density at radius 3 is 2.78 bits per heavy atom. The minimum Gasteiger partial charge on any atom is -0.329 e. The predicted molar refractivity (Wildman–Crippen MR) is 31.8 cm³/mol. The highest BCUT2D eigenvalue weighted by Gasteiger charge is 1.96. The van der Waals surface area contributed by atoms with Gasteiger partial charge in [-0.25, -0.2) is 4.39 Å². The Morgan fingerprint density at radius 2 is 2.33 bits per heavy atom. The van der Waals surface area contributed by atoms with Gasteiger partial charge in [0.1, 0.15) is 5.82 Å². The van der Waals surface area contributed by atoms with E-state index in [1.165, 1.54) is 19.2 Å². The molecule has 1 aromatic heterocycles. The zero-order chi connectivity index (χ0) is 6.85. The van der Waals surface area contributed by atoms with Gasteiger partial charge in [0, 0.05) is 11.8 Å². The van der Waals surface area contributed by atoms with Crippen LogP contribution in [-0.4, -0.2) is 4.98 Å². The van der Waals surface area contributed by atoms with Gasteiger partial charge in [-0.3, -0.25) is 4.79 Å². The van der Waals surface area contributed by atoms with Crippen LogP contribution >= 0.6 is 0 Å². The summed E-state index contributed by atoms with van der Waals surface area (Å²) >= 11 is 0. The van der Waals surface area contributed by atoms with Crippen molar-refractivity contribution in [1.82, 2.24) is 4.98 Å². The fourth-order valence-electron chi connectivity index (χ4n) is 0.532. The number of pyridine rings is 1. The van der Waals surface area contributed by atoms with Crippen molar-refractivity contribution >= 4 is 0 Å². The fourth-order valence-corrected chi connectivity index (χ4v) is 0.532. The summed E-state index contributed by atoms with van der Waals surface area (Å²) < 4.78 is 12.4. The predicted octanol–water partition coefficient (Wildman–Crippen LogP) is 0.822. The maximum Gasteiger partial charge on any atom is 0.253 e. The molecule has 0 aromatic carbocycles. The summed E-state index contributed by atoms with van der Waals surface area (Å²) in [6.07, 6.45) is 1.28. The first-order chi connectivity index (χ1) is 4.22. The first-order valence-electron chi connectivity index (χ1n) is 2.55. The summed E-state index contributed by atoms with van der Waals surface area (Å²) in [6, 6.07) is 1.22. The summed E-state index contributed by atoms with van der Waals surface area (Å²) in [5.41, 5.74) is -0.229. The van der Waals surface area contributed by atoms with E-state index in [0.29, 0.717) is 0 Å². The topological polar surface area (TPSA) is 32.9 Å². The van der Waals surface area contributed by atoms with Crippen LogP contribution in [0, 0.1) is 12.7 Å². The van der Waals surface area contributed by atoms with Gasteiger partial charge in [0.2, 0.25) is 0 Å². The third-order valence-corrected chi connectivity index (χ3v) is 1.14. The van der Waals surface area contributed by atoms with E-state index in [4.69, 9.17) is 0 Å². The lowest BCUT2D eigenvalue weighted by atomic mass is 10.3. The lowest BCUT2D eigenvalue weighted by Gasteiger charge is -1.89. The van der Waals surface area contributed by atoms with E-state index in [-0.39, 0.29) is 11.1 Å². The molecule has 0 amide bonds. The molecular formula is C6H6FNO. The summed E-state index contributed by atoms with van der Waals surface area (Å²) in [7, 11) is 0. The molecule has 0 aliphatic carbocycles. The Balaban J connectivity index is 3.43. The molecule has 48 valence electrons. The van der Waals surface area contributed by atoms with Gasteiger partial charge in [0.25, 0.3) is 5.56 Å². The molecule has 0 fully saturated rings. The molecule has 1 aromatic rings. The van der Waals surface area contributed by atoms with Crippen LogP contribution in [0.1, 0.15) is 5.56 Å². The van der Waals surface area contributed by atoms with Crippen LogP contribution in [0.25, 0.3) is 0 Å². The molecule has 0 aliphatic rings. The van der Waals surface area contributed by atoms with Gasteiger partial charge in [0.05, 0.1) is 0 Å². The number of H-pyrrole nitrogens is 1. The molecule has 0 spiro atoms.